The minimum absolute atomic E-state index is 0.0581. The molecule has 0 atom stereocenters. The van der Waals surface area contributed by atoms with Gasteiger partial charge in [-0.25, -0.2) is 0 Å². The molecular weight excluding hydrogens is 231 g/mol. The first-order valence-electron chi connectivity index (χ1n) is 5.10. The molecule has 0 saturated heterocycles. The number of alkyl halides is 3. The molecule has 0 aliphatic rings. The Morgan fingerprint density at radius 2 is 1.59 bits per heavy atom. The van der Waals surface area contributed by atoms with Crippen LogP contribution in [0.4, 0.5) is 13.2 Å². The molecule has 1 N–H and O–H groups in total. The summed E-state index contributed by atoms with van der Waals surface area (Å²) in [5, 5.41) is 2.51. The minimum atomic E-state index is -4.42. The summed E-state index contributed by atoms with van der Waals surface area (Å²) in [7, 11) is 0. The van der Waals surface area contributed by atoms with E-state index in [0.29, 0.717) is 0 Å². The highest BCUT2D eigenvalue weighted by Crippen LogP contribution is 2.36. The van der Waals surface area contributed by atoms with Crippen molar-refractivity contribution in [3.05, 3.63) is 35.4 Å². The Balaban J connectivity index is 3.26. The van der Waals surface area contributed by atoms with Crippen molar-refractivity contribution in [3.8, 4) is 0 Å². The van der Waals surface area contributed by atoms with Crippen molar-refractivity contribution in [2.75, 3.05) is 0 Å². The molecule has 0 fully saturated rings. The second kappa shape index (κ2) is 4.39. The number of amides is 1. The maximum Gasteiger partial charge on any atom is 0.416 e. The van der Waals surface area contributed by atoms with Gasteiger partial charge in [-0.05, 0) is 25.5 Å². The summed E-state index contributed by atoms with van der Waals surface area (Å²) in [5.74, 6) is -0.369. The standard InChI is InChI=1S/C12H14F3NO/c1-8(17)16-11(2,3)9-6-4-5-7-10(9)12(13,14)15/h4-7H,1-3H3,(H,16,17). The molecule has 0 spiro atoms. The molecule has 2 nitrogen and oxygen atoms in total. The molecule has 0 unspecified atom stereocenters. The van der Waals surface area contributed by atoms with Crippen LogP contribution in [0.15, 0.2) is 24.3 Å². The largest absolute Gasteiger partial charge is 0.416 e. The van der Waals surface area contributed by atoms with Crippen LogP contribution in [-0.2, 0) is 16.5 Å². The van der Waals surface area contributed by atoms with Crippen molar-refractivity contribution >= 4 is 5.91 Å². The van der Waals surface area contributed by atoms with Crippen molar-refractivity contribution < 1.29 is 18.0 Å². The number of nitrogens with one attached hydrogen (secondary N) is 1. The smallest absolute Gasteiger partial charge is 0.347 e. The first-order valence-corrected chi connectivity index (χ1v) is 5.10. The average Bonchev–Trinajstić information content (AvgIpc) is 2.14. The van der Waals surface area contributed by atoms with Gasteiger partial charge in [-0.2, -0.15) is 13.2 Å². The van der Waals surface area contributed by atoms with E-state index in [-0.39, 0.29) is 11.5 Å². The molecule has 0 aliphatic carbocycles. The number of halogens is 3. The van der Waals surface area contributed by atoms with Gasteiger partial charge in [0.25, 0.3) is 0 Å². The molecule has 5 heteroatoms. The average molecular weight is 245 g/mol. The van der Waals surface area contributed by atoms with Gasteiger partial charge in [0.15, 0.2) is 0 Å². The second-order valence-electron chi connectivity index (χ2n) is 4.35. The highest BCUT2D eigenvalue weighted by molar-refractivity contribution is 5.74. The maximum absolute atomic E-state index is 12.8. The Bertz CT molecular complexity index is 424. The summed E-state index contributed by atoms with van der Waals surface area (Å²) in [5.41, 5.74) is -1.72. The fourth-order valence-electron chi connectivity index (χ4n) is 1.78. The Labute approximate surface area is 97.8 Å². The molecule has 0 saturated carbocycles. The lowest BCUT2D eigenvalue weighted by Gasteiger charge is -2.29. The summed E-state index contributed by atoms with van der Waals surface area (Å²) in [6.45, 7) is 4.36. The van der Waals surface area contributed by atoms with E-state index in [4.69, 9.17) is 0 Å². The van der Waals surface area contributed by atoms with E-state index in [1.54, 1.807) is 13.8 Å². The van der Waals surface area contributed by atoms with Crippen molar-refractivity contribution in [2.45, 2.75) is 32.5 Å². The van der Waals surface area contributed by atoms with Crippen LogP contribution in [0.5, 0.6) is 0 Å². The summed E-state index contributed by atoms with van der Waals surface area (Å²) in [6.07, 6.45) is -4.42. The highest BCUT2D eigenvalue weighted by Gasteiger charge is 2.37. The van der Waals surface area contributed by atoms with Gasteiger partial charge >= 0.3 is 6.18 Å². The van der Waals surface area contributed by atoms with Crippen LogP contribution >= 0.6 is 0 Å². The fourth-order valence-corrected chi connectivity index (χ4v) is 1.78. The second-order valence-corrected chi connectivity index (χ2v) is 4.35. The summed E-state index contributed by atoms with van der Waals surface area (Å²) < 4.78 is 38.4. The Morgan fingerprint density at radius 3 is 2.00 bits per heavy atom. The molecule has 0 heterocycles. The highest BCUT2D eigenvalue weighted by atomic mass is 19.4. The van der Waals surface area contributed by atoms with Crippen LogP contribution < -0.4 is 5.32 Å². The zero-order chi connectivity index (χ0) is 13.3. The van der Waals surface area contributed by atoms with E-state index in [1.807, 2.05) is 0 Å². The van der Waals surface area contributed by atoms with E-state index < -0.39 is 17.3 Å². The van der Waals surface area contributed by atoms with Crippen molar-refractivity contribution in [1.82, 2.24) is 5.32 Å². The monoisotopic (exact) mass is 245 g/mol. The first kappa shape index (κ1) is 13.5. The van der Waals surface area contributed by atoms with Crippen molar-refractivity contribution in [2.24, 2.45) is 0 Å². The SMILES string of the molecule is CC(=O)NC(C)(C)c1ccccc1C(F)(F)F. The topological polar surface area (TPSA) is 29.1 Å². The van der Waals surface area contributed by atoms with Gasteiger partial charge < -0.3 is 5.32 Å². The molecular formula is C12H14F3NO. The normalized spacial score (nSPS) is 12.4. The minimum Gasteiger partial charge on any atom is -0.347 e. The third kappa shape index (κ3) is 3.22. The van der Waals surface area contributed by atoms with Crippen molar-refractivity contribution in [3.63, 3.8) is 0 Å². The van der Waals surface area contributed by atoms with E-state index in [1.165, 1.54) is 25.1 Å². The molecule has 0 aliphatic heterocycles. The molecule has 1 aromatic carbocycles. The molecule has 1 aromatic rings. The zero-order valence-corrected chi connectivity index (χ0v) is 9.85. The molecule has 0 radical (unpaired) electrons. The Morgan fingerprint density at radius 1 is 1.12 bits per heavy atom. The van der Waals surface area contributed by atoms with Gasteiger partial charge in [0.2, 0.25) is 5.91 Å². The quantitative estimate of drug-likeness (QED) is 0.852. The van der Waals surface area contributed by atoms with Crippen LogP contribution in [0.3, 0.4) is 0 Å². The lowest BCUT2D eigenvalue weighted by atomic mass is 9.89. The maximum atomic E-state index is 12.8. The summed E-state index contributed by atoms with van der Waals surface area (Å²) in [6, 6.07) is 5.24. The molecule has 0 bridgehead atoms. The van der Waals surface area contributed by atoms with Gasteiger partial charge in [-0.1, -0.05) is 18.2 Å². The molecule has 1 rings (SSSR count). The molecule has 1 amide bonds. The lowest BCUT2D eigenvalue weighted by Crippen LogP contribution is -2.41. The molecule has 0 aromatic heterocycles. The van der Waals surface area contributed by atoms with Crippen LogP contribution in [0.2, 0.25) is 0 Å². The van der Waals surface area contributed by atoms with Gasteiger partial charge in [0.05, 0.1) is 11.1 Å². The Hall–Kier alpha value is -1.52. The number of rotatable bonds is 2. The number of hydrogen-bond donors (Lipinski definition) is 1. The van der Waals surface area contributed by atoms with E-state index in [9.17, 15) is 18.0 Å². The van der Waals surface area contributed by atoms with E-state index in [2.05, 4.69) is 5.32 Å². The lowest BCUT2D eigenvalue weighted by molar-refractivity contribution is -0.139. The van der Waals surface area contributed by atoms with Gasteiger partial charge in [-0.3, -0.25) is 4.79 Å². The third-order valence-electron chi connectivity index (χ3n) is 2.39. The number of benzene rings is 1. The Kier molecular flexibility index (Phi) is 3.50. The zero-order valence-electron chi connectivity index (χ0n) is 9.85. The molecule has 94 valence electrons. The van der Waals surface area contributed by atoms with Crippen LogP contribution in [0, 0.1) is 0 Å². The first-order chi connectivity index (χ1) is 7.64. The summed E-state index contributed by atoms with van der Waals surface area (Å²) in [4.78, 5) is 11.0. The van der Waals surface area contributed by atoms with Crippen LogP contribution in [0.1, 0.15) is 31.9 Å². The fraction of sp³-hybridized carbons (Fsp3) is 0.417. The van der Waals surface area contributed by atoms with E-state index in [0.717, 1.165) is 6.07 Å². The van der Waals surface area contributed by atoms with Gasteiger partial charge in [0.1, 0.15) is 0 Å². The number of hydrogen-bond acceptors (Lipinski definition) is 1. The third-order valence-corrected chi connectivity index (χ3v) is 2.39. The molecule has 17 heavy (non-hydrogen) atoms. The van der Waals surface area contributed by atoms with Gasteiger partial charge in [0, 0.05) is 6.92 Å². The predicted octanol–water partition coefficient (Wildman–Crippen LogP) is 3.08. The summed E-state index contributed by atoms with van der Waals surface area (Å²) >= 11 is 0. The van der Waals surface area contributed by atoms with Crippen molar-refractivity contribution in [1.29, 1.82) is 0 Å². The van der Waals surface area contributed by atoms with E-state index >= 15 is 0 Å². The van der Waals surface area contributed by atoms with Gasteiger partial charge in [-0.15, -0.1) is 0 Å². The number of carbonyl (C=O) groups is 1. The number of carbonyl (C=O) groups excluding carboxylic acids is 1. The predicted molar refractivity (Wildman–Crippen MR) is 58.3 cm³/mol. The van der Waals surface area contributed by atoms with Crippen LogP contribution in [-0.4, -0.2) is 5.91 Å². The van der Waals surface area contributed by atoms with Crippen LogP contribution in [0.25, 0.3) is 0 Å².